The number of halogens is 1. The zero-order chi connectivity index (χ0) is 15.1. The van der Waals surface area contributed by atoms with Gasteiger partial charge < -0.3 is 14.5 Å². The molecule has 4 rings (SSSR count). The Morgan fingerprint density at radius 1 is 1.45 bits per heavy atom. The van der Waals surface area contributed by atoms with E-state index in [1.165, 1.54) is 0 Å². The number of nitrogens with zero attached hydrogens (tertiary/aromatic N) is 5. The van der Waals surface area contributed by atoms with Gasteiger partial charge in [-0.25, -0.2) is 15.0 Å². The summed E-state index contributed by atoms with van der Waals surface area (Å²) in [5.74, 6) is 2.54. The number of alkyl halides is 1. The average molecular weight is 317 g/mol. The van der Waals surface area contributed by atoms with Crippen LogP contribution in [-0.4, -0.2) is 37.6 Å². The highest BCUT2D eigenvalue weighted by molar-refractivity contribution is 6.16. The first kappa shape index (κ1) is 13.6. The first-order valence-corrected chi connectivity index (χ1v) is 7.91. The van der Waals surface area contributed by atoms with Crippen LogP contribution in [0.2, 0.25) is 0 Å². The third-order valence-electron chi connectivity index (χ3n) is 4.38. The van der Waals surface area contributed by atoms with E-state index in [1.54, 1.807) is 6.33 Å². The van der Waals surface area contributed by atoms with E-state index in [0.29, 0.717) is 11.9 Å². The fourth-order valence-electron chi connectivity index (χ4n) is 3.18. The molecule has 3 aromatic heterocycles. The van der Waals surface area contributed by atoms with Gasteiger partial charge in [-0.05, 0) is 12.5 Å². The van der Waals surface area contributed by atoms with Crippen LogP contribution in [0.25, 0.3) is 11.0 Å². The van der Waals surface area contributed by atoms with Gasteiger partial charge in [0.2, 0.25) is 0 Å². The number of hydrogen-bond acceptors (Lipinski definition) is 4. The molecule has 1 aliphatic rings. The molecule has 0 aromatic carbocycles. The van der Waals surface area contributed by atoms with Crippen molar-refractivity contribution in [1.29, 1.82) is 0 Å². The van der Waals surface area contributed by atoms with Crippen LogP contribution in [0.1, 0.15) is 17.9 Å². The molecule has 3 aromatic rings. The van der Waals surface area contributed by atoms with E-state index in [9.17, 15) is 0 Å². The molecule has 1 N–H and O–H groups in total. The Labute approximate surface area is 133 Å². The molecule has 0 spiro atoms. The maximum atomic E-state index is 5.89. The lowest BCUT2D eigenvalue weighted by Gasteiger charge is -2.32. The molecule has 6 nitrogen and oxygen atoms in total. The van der Waals surface area contributed by atoms with Crippen molar-refractivity contribution in [2.75, 3.05) is 11.9 Å². The van der Waals surface area contributed by atoms with Gasteiger partial charge in [0.1, 0.15) is 23.6 Å². The third-order valence-corrected chi connectivity index (χ3v) is 4.66. The molecule has 0 saturated carbocycles. The number of aryl methyl sites for hydroxylation is 1. The second kappa shape index (κ2) is 5.28. The minimum Gasteiger partial charge on any atom is -0.356 e. The Bertz CT molecular complexity index is 807. The van der Waals surface area contributed by atoms with Gasteiger partial charge in [0.15, 0.2) is 0 Å². The number of hydrogen-bond donors (Lipinski definition) is 1. The van der Waals surface area contributed by atoms with Gasteiger partial charge in [0.25, 0.3) is 0 Å². The lowest BCUT2D eigenvalue weighted by Crippen LogP contribution is -2.38. The maximum absolute atomic E-state index is 5.89. The molecule has 22 heavy (non-hydrogen) atoms. The molecule has 0 radical (unpaired) electrons. The molecule has 1 aliphatic heterocycles. The summed E-state index contributed by atoms with van der Waals surface area (Å²) in [6, 6.07) is 2.40. The summed E-state index contributed by atoms with van der Waals surface area (Å²) in [5.41, 5.74) is 1.83. The van der Waals surface area contributed by atoms with Gasteiger partial charge >= 0.3 is 0 Å². The number of likely N-dealkylation sites (N-methyl/N-ethyl adjacent to an activating group) is 1. The maximum Gasteiger partial charge on any atom is 0.142 e. The van der Waals surface area contributed by atoms with Gasteiger partial charge in [-0.2, -0.15) is 0 Å². The van der Waals surface area contributed by atoms with Crippen molar-refractivity contribution in [1.82, 2.24) is 24.5 Å². The van der Waals surface area contributed by atoms with Gasteiger partial charge in [0.05, 0.1) is 17.0 Å². The van der Waals surface area contributed by atoms with Crippen molar-refractivity contribution in [3.8, 4) is 0 Å². The summed E-state index contributed by atoms with van der Waals surface area (Å²) in [6.07, 6.45) is 7.55. The SMILES string of the molecule is CN(c1ncnc2[nH]ccc12)C1CCn2cc(CCl)nc2C1. The van der Waals surface area contributed by atoms with E-state index in [4.69, 9.17) is 11.6 Å². The summed E-state index contributed by atoms with van der Waals surface area (Å²) in [7, 11) is 2.10. The number of imidazole rings is 1. The second-order valence-corrected chi connectivity index (χ2v) is 5.94. The van der Waals surface area contributed by atoms with Crippen LogP contribution >= 0.6 is 11.6 Å². The molecule has 4 heterocycles. The van der Waals surface area contributed by atoms with E-state index < -0.39 is 0 Å². The first-order valence-electron chi connectivity index (χ1n) is 7.38. The number of H-pyrrole nitrogens is 1. The highest BCUT2D eigenvalue weighted by atomic mass is 35.5. The summed E-state index contributed by atoms with van der Waals surface area (Å²) >= 11 is 5.89. The van der Waals surface area contributed by atoms with E-state index in [1.807, 2.05) is 12.3 Å². The van der Waals surface area contributed by atoms with Gasteiger partial charge in [-0.3, -0.25) is 0 Å². The summed E-state index contributed by atoms with van der Waals surface area (Å²) in [6.45, 7) is 0.968. The largest absolute Gasteiger partial charge is 0.356 e. The Morgan fingerprint density at radius 3 is 3.23 bits per heavy atom. The predicted molar refractivity (Wildman–Crippen MR) is 86.2 cm³/mol. The molecule has 7 heteroatoms. The highest BCUT2D eigenvalue weighted by Gasteiger charge is 2.25. The monoisotopic (exact) mass is 316 g/mol. The van der Waals surface area contributed by atoms with Gasteiger partial charge in [-0.1, -0.05) is 0 Å². The van der Waals surface area contributed by atoms with Crippen LogP contribution in [0.4, 0.5) is 5.82 Å². The average Bonchev–Trinajstić information content (AvgIpc) is 3.18. The second-order valence-electron chi connectivity index (χ2n) is 5.67. The highest BCUT2D eigenvalue weighted by Crippen LogP contribution is 2.27. The number of aromatic amines is 1. The Balaban J connectivity index is 1.63. The zero-order valence-electron chi connectivity index (χ0n) is 12.3. The van der Waals surface area contributed by atoms with Crippen molar-refractivity contribution in [2.45, 2.75) is 31.3 Å². The van der Waals surface area contributed by atoms with Crippen LogP contribution in [0, 0.1) is 0 Å². The quantitative estimate of drug-likeness (QED) is 0.753. The lowest BCUT2D eigenvalue weighted by molar-refractivity contribution is 0.448. The summed E-state index contributed by atoms with van der Waals surface area (Å²) in [5, 5.41) is 1.06. The number of nitrogens with one attached hydrogen (secondary N) is 1. The van der Waals surface area contributed by atoms with Crippen LogP contribution < -0.4 is 4.90 Å². The molecule has 0 bridgehead atoms. The van der Waals surface area contributed by atoms with Crippen molar-refractivity contribution >= 4 is 28.5 Å². The topological polar surface area (TPSA) is 62.6 Å². The Morgan fingerprint density at radius 2 is 2.36 bits per heavy atom. The molecule has 1 atom stereocenters. The van der Waals surface area contributed by atoms with Crippen LogP contribution in [0.15, 0.2) is 24.8 Å². The third kappa shape index (κ3) is 2.14. The Kier molecular flexibility index (Phi) is 3.26. The van der Waals surface area contributed by atoms with Gasteiger partial charge in [-0.15, -0.1) is 11.6 Å². The minimum absolute atomic E-state index is 0.381. The summed E-state index contributed by atoms with van der Waals surface area (Å²) < 4.78 is 2.22. The van der Waals surface area contributed by atoms with E-state index in [0.717, 1.165) is 47.8 Å². The standard InChI is InChI=1S/C15H17ClN6/c1-21(15-12-2-4-17-14(12)18-9-19-15)11-3-5-22-8-10(7-16)20-13(22)6-11/h2,4,8-9,11H,3,5-7H2,1H3,(H,17,18,19). The molecule has 114 valence electrons. The van der Waals surface area contributed by atoms with Crippen LogP contribution in [-0.2, 0) is 18.8 Å². The lowest BCUT2D eigenvalue weighted by atomic mass is 10.0. The molecule has 0 aliphatic carbocycles. The molecule has 0 amide bonds. The molecular weight excluding hydrogens is 300 g/mol. The van der Waals surface area contributed by atoms with Crippen molar-refractivity contribution < 1.29 is 0 Å². The van der Waals surface area contributed by atoms with Crippen molar-refractivity contribution in [3.05, 3.63) is 36.3 Å². The Hall–Kier alpha value is -2.08. The number of rotatable bonds is 3. The number of anilines is 1. The van der Waals surface area contributed by atoms with Crippen molar-refractivity contribution in [3.63, 3.8) is 0 Å². The summed E-state index contributed by atoms with van der Waals surface area (Å²) in [4.78, 5) is 18.7. The fraction of sp³-hybridized carbons (Fsp3) is 0.400. The molecular formula is C15H17ClN6. The van der Waals surface area contributed by atoms with Crippen LogP contribution in [0.5, 0.6) is 0 Å². The predicted octanol–water partition coefficient (Wildman–Crippen LogP) is 2.34. The molecule has 0 fully saturated rings. The minimum atomic E-state index is 0.381. The van der Waals surface area contributed by atoms with Crippen LogP contribution in [0.3, 0.4) is 0 Å². The van der Waals surface area contributed by atoms with Gasteiger partial charge in [0, 0.05) is 38.4 Å². The van der Waals surface area contributed by atoms with E-state index >= 15 is 0 Å². The van der Waals surface area contributed by atoms with E-state index in [-0.39, 0.29) is 0 Å². The smallest absolute Gasteiger partial charge is 0.142 e. The van der Waals surface area contributed by atoms with E-state index in [2.05, 4.69) is 42.6 Å². The normalized spacial score (nSPS) is 17.6. The molecule has 0 saturated heterocycles. The number of aromatic nitrogens is 5. The number of fused-ring (bicyclic) bond motifs is 2. The zero-order valence-corrected chi connectivity index (χ0v) is 13.1. The van der Waals surface area contributed by atoms with Crippen molar-refractivity contribution in [2.24, 2.45) is 0 Å². The fourth-order valence-corrected chi connectivity index (χ4v) is 3.31. The first-order chi connectivity index (χ1) is 10.8. The molecule has 1 unspecified atom stereocenters.